The second-order valence-electron chi connectivity index (χ2n) is 3.08. The minimum absolute atomic E-state index is 0.0369. The van der Waals surface area contributed by atoms with Crippen LogP contribution in [-0.4, -0.2) is 21.2 Å². The van der Waals surface area contributed by atoms with Crippen LogP contribution in [0.5, 0.6) is 5.88 Å². The van der Waals surface area contributed by atoms with Crippen molar-refractivity contribution < 1.29 is 14.3 Å². The zero-order valence-electron chi connectivity index (χ0n) is 7.98. The SMILES string of the molecule is O=Cc1c(O)n(-c2ccccc2F)[nH]c1=O. The van der Waals surface area contributed by atoms with Gasteiger partial charge in [-0.05, 0) is 12.1 Å². The van der Waals surface area contributed by atoms with E-state index in [1.54, 1.807) is 0 Å². The van der Waals surface area contributed by atoms with Gasteiger partial charge in [0.2, 0.25) is 5.88 Å². The zero-order chi connectivity index (χ0) is 11.7. The number of carbonyl (C=O) groups excluding carboxylic acids is 1. The standard InChI is InChI=1S/C10H7FN2O3/c11-7-3-1-2-4-8(7)13-10(16)6(5-14)9(15)12-13/h1-5,16H,(H,12,15). The van der Waals surface area contributed by atoms with E-state index in [4.69, 9.17) is 0 Å². The Hall–Kier alpha value is -2.37. The first-order valence-corrected chi connectivity index (χ1v) is 4.39. The number of aromatic nitrogens is 2. The Balaban J connectivity index is 2.71. The van der Waals surface area contributed by atoms with E-state index in [1.165, 1.54) is 24.3 Å². The minimum Gasteiger partial charge on any atom is -0.493 e. The fraction of sp³-hybridized carbons (Fsp3) is 0. The predicted octanol–water partition coefficient (Wildman–Crippen LogP) is 0.823. The molecule has 82 valence electrons. The van der Waals surface area contributed by atoms with Crippen LogP contribution in [0.2, 0.25) is 0 Å². The maximum Gasteiger partial charge on any atom is 0.279 e. The van der Waals surface area contributed by atoms with Crippen LogP contribution in [0.4, 0.5) is 4.39 Å². The van der Waals surface area contributed by atoms with Crippen LogP contribution in [0.1, 0.15) is 10.4 Å². The summed E-state index contributed by atoms with van der Waals surface area (Å²) in [5.74, 6) is -1.23. The third-order valence-corrected chi connectivity index (χ3v) is 2.12. The molecule has 1 heterocycles. The van der Waals surface area contributed by atoms with E-state index >= 15 is 0 Å². The molecule has 0 saturated carbocycles. The van der Waals surface area contributed by atoms with E-state index < -0.39 is 22.8 Å². The molecule has 6 heteroatoms. The first-order chi connectivity index (χ1) is 7.65. The van der Waals surface area contributed by atoms with Crippen LogP contribution in [0, 0.1) is 5.82 Å². The molecule has 5 nitrogen and oxygen atoms in total. The average molecular weight is 222 g/mol. The number of halogens is 1. The van der Waals surface area contributed by atoms with Crippen molar-refractivity contribution in [3.63, 3.8) is 0 Å². The van der Waals surface area contributed by atoms with Crippen molar-refractivity contribution in [1.29, 1.82) is 0 Å². The second kappa shape index (κ2) is 3.65. The smallest absolute Gasteiger partial charge is 0.279 e. The minimum atomic E-state index is -0.768. The molecule has 0 fully saturated rings. The summed E-state index contributed by atoms with van der Waals surface area (Å²) in [5, 5.41) is 11.7. The molecule has 0 saturated heterocycles. The molecule has 2 N–H and O–H groups in total. The van der Waals surface area contributed by atoms with E-state index in [1.807, 2.05) is 0 Å². The maximum absolute atomic E-state index is 13.4. The summed E-state index contributed by atoms with van der Waals surface area (Å²) in [5.41, 5.74) is -1.23. The number of H-pyrrole nitrogens is 1. The van der Waals surface area contributed by atoms with Gasteiger partial charge in [-0.2, -0.15) is 0 Å². The van der Waals surface area contributed by atoms with Crippen molar-refractivity contribution in [3.05, 3.63) is 46.0 Å². The van der Waals surface area contributed by atoms with Crippen LogP contribution < -0.4 is 5.56 Å². The molecule has 0 bridgehead atoms. The molecule has 1 aromatic heterocycles. The summed E-state index contributed by atoms with van der Waals surface area (Å²) < 4.78 is 14.2. The number of nitrogens with one attached hydrogen (secondary N) is 1. The molecular formula is C10H7FN2O3. The number of hydrogen-bond donors (Lipinski definition) is 2. The van der Waals surface area contributed by atoms with Crippen LogP contribution in [0.25, 0.3) is 5.69 Å². The fourth-order valence-electron chi connectivity index (χ4n) is 1.35. The lowest BCUT2D eigenvalue weighted by molar-refractivity contribution is 0.112. The number of aldehydes is 1. The molecule has 1 aromatic carbocycles. The fourth-order valence-corrected chi connectivity index (χ4v) is 1.35. The summed E-state index contributed by atoms with van der Waals surface area (Å²) >= 11 is 0. The molecule has 0 aliphatic rings. The van der Waals surface area contributed by atoms with Gasteiger partial charge in [0.25, 0.3) is 5.56 Å². The van der Waals surface area contributed by atoms with Crippen LogP contribution in [0.15, 0.2) is 29.1 Å². The van der Waals surface area contributed by atoms with Gasteiger partial charge in [0.15, 0.2) is 6.29 Å². The Labute approximate surface area is 88.7 Å². The largest absolute Gasteiger partial charge is 0.493 e. The molecule has 2 rings (SSSR count). The summed E-state index contributed by atoms with van der Waals surface area (Å²) in [7, 11) is 0. The molecule has 0 atom stereocenters. The number of aromatic hydroxyl groups is 1. The van der Waals surface area contributed by atoms with E-state index in [0.717, 1.165) is 4.68 Å². The van der Waals surface area contributed by atoms with Gasteiger partial charge in [-0.25, -0.2) is 9.07 Å². The summed E-state index contributed by atoms with van der Waals surface area (Å²) in [4.78, 5) is 21.7. The van der Waals surface area contributed by atoms with Crippen LogP contribution >= 0.6 is 0 Å². The van der Waals surface area contributed by atoms with Gasteiger partial charge in [0, 0.05) is 0 Å². The Morgan fingerprint density at radius 3 is 2.62 bits per heavy atom. The Bertz CT molecular complexity index is 600. The average Bonchev–Trinajstić information content (AvgIpc) is 2.55. The van der Waals surface area contributed by atoms with Gasteiger partial charge in [-0.15, -0.1) is 0 Å². The van der Waals surface area contributed by atoms with Crippen molar-refractivity contribution in [2.45, 2.75) is 0 Å². The van der Waals surface area contributed by atoms with Crippen LogP contribution in [0.3, 0.4) is 0 Å². The molecule has 0 spiro atoms. The number of hydrogen-bond acceptors (Lipinski definition) is 3. The summed E-state index contributed by atoms with van der Waals surface area (Å²) in [6.07, 6.45) is 0.214. The number of benzene rings is 1. The van der Waals surface area contributed by atoms with Crippen LogP contribution in [-0.2, 0) is 0 Å². The first-order valence-electron chi connectivity index (χ1n) is 4.39. The molecule has 0 aliphatic heterocycles. The summed E-state index contributed by atoms with van der Waals surface area (Å²) in [6.45, 7) is 0. The normalized spacial score (nSPS) is 10.3. The molecule has 0 aliphatic carbocycles. The molecule has 0 unspecified atom stereocenters. The highest BCUT2D eigenvalue weighted by Gasteiger charge is 2.15. The van der Waals surface area contributed by atoms with Gasteiger partial charge >= 0.3 is 0 Å². The van der Waals surface area contributed by atoms with E-state index in [-0.39, 0.29) is 12.0 Å². The van der Waals surface area contributed by atoms with Gasteiger partial charge in [-0.3, -0.25) is 14.7 Å². The monoisotopic (exact) mass is 222 g/mol. The number of nitrogens with zero attached hydrogens (tertiary/aromatic N) is 1. The lowest BCUT2D eigenvalue weighted by Crippen LogP contribution is -2.07. The van der Waals surface area contributed by atoms with Gasteiger partial charge < -0.3 is 5.11 Å². The highest BCUT2D eigenvalue weighted by Crippen LogP contribution is 2.18. The molecule has 16 heavy (non-hydrogen) atoms. The maximum atomic E-state index is 13.4. The van der Waals surface area contributed by atoms with E-state index in [2.05, 4.69) is 5.10 Å². The summed E-state index contributed by atoms with van der Waals surface area (Å²) in [6, 6.07) is 5.54. The lowest BCUT2D eigenvalue weighted by atomic mass is 10.3. The number of carbonyl (C=O) groups is 1. The third kappa shape index (κ3) is 1.40. The zero-order valence-corrected chi connectivity index (χ0v) is 7.98. The van der Waals surface area contributed by atoms with Crippen molar-refractivity contribution in [2.75, 3.05) is 0 Å². The predicted molar refractivity (Wildman–Crippen MR) is 53.4 cm³/mol. The van der Waals surface area contributed by atoms with E-state index in [0.29, 0.717) is 0 Å². The molecule has 0 radical (unpaired) electrons. The molecule has 0 amide bonds. The third-order valence-electron chi connectivity index (χ3n) is 2.12. The van der Waals surface area contributed by atoms with Gasteiger partial charge in [0.1, 0.15) is 17.1 Å². The second-order valence-corrected chi connectivity index (χ2v) is 3.08. The highest BCUT2D eigenvalue weighted by atomic mass is 19.1. The first kappa shape index (κ1) is 10.2. The quantitative estimate of drug-likeness (QED) is 0.739. The number of aromatic amines is 1. The number of para-hydroxylation sites is 1. The van der Waals surface area contributed by atoms with Crippen molar-refractivity contribution in [3.8, 4) is 11.6 Å². The van der Waals surface area contributed by atoms with Gasteiger partial charge in [-0.1, -0.05) is 12.1 Å². The van der Waals surface area contributed by atoms with Crippen molar-refractivity contribution in [1.82, 2.24) is 9.78 Å². The van der Waals surface area contributed by atoms with Gasteiger partial charge in [0.05, 0.1) is 0 Å². The van der Waals surface area contributed by atoms with Crippen molar-refractivity contribution >= 4 is 6.29 Å². The van der Waals surface area contributed by atoms with E-state index in [9.17, 15) is 19.1 Å². The Morgan fingerprint density at radius 1 is 1.38 bits per heavy atom. The highest BCUT2D eigenvalue weighted by molar-refractivity contribution is 5.77. The lowest BCUT2D eigenvalue weighted by Gasteiger charge is -2.04. The Morgan fingerprint density at radius 2 is 2.06 bits per heavy atom. The Kier molecular flexibility index (Phi) is 2.32. The molecule has 2 aromatic rings. The number of rotatable bonds is 2. The molecular weight excluding hydrogens is 215 g/mol. The van der Waals surface area contributed by atoms with Crippen molar-refractivity contribution in [2.24, 2.45) is 0 Å². The topological polar surface area (TPSA) is 75.1 Å².